The van der Waals surface area contributed by atoms with E-state index in [1.807, 2.05) is 0 Å². The average Bonchev–Trinajstić information content (AvgIpc) is 3.86. The fourth-order valence-corrected chi connectivity index (χ4v) is 8.83. The SMILES string of the molecule is CCCCCCCCCCCCC1CC(=O)NC(CC(N)=O)C(=O)NC(Cc2ccc(O)cc2)C(=O)NC(CC(N)=O)C(=O)N2CCCC2C(=O)NC(CCC(=O)OC)C(=O)NC(CO)C(=O)NC(C(C)O)C(=O)N1. The number of esters is 1. The molecule has 0 spiro atoms. The average molecular weight is 1060 g/mol. The highest BCUT2D eigenvalue weighted by Gasteiger charge is 2.41. The zero-order valence-corrected chi connectivity index (χ0v) is 43.2. The van der Waals surface area contributed by atoms with Crippen LogP contribution in [0, 0.1) is 0 Å². The Bertz CT molecular complexity index is 2130. The highest BCUT2D eigenvalue weighted by Crippen LogP contribution is 2.21. The summed E-state index contributed by atoms with van der Waals surface area (Å²) in [6.07, 6.45) is 5.35. The molecule has 2 aliphatic rings. The van der Waals surface area contributed by atoms with E-state index in [-0.39, 0.29) is 38.0 Å². The minimum atomic E-state index is -1.80. The van der Waals surface area contributed by atoms with Gasteiger partial charge in [0, 0.05) is 31.8 Å². The number of aliphatic hydroxyl groups excluding tert-OH is 2. The molecule has 0 aliphatic carbocycles. The summed E-state index contributed by atoms with van der Waals surface area (Å²) in [5.41, 5.74) is 11.4. The summed E-state index contributed by atoms with van der Waals surface area (Å²) in [5, 5.41) is 48.2. The second-order valence-electron chi connectivity index (χ2n) is 19.2. The summed E-state index contributed by atoms with van der Waals surface area (Å²) in [6.45, 7) is 2.18. The van der Waals surface area contributed by atoms with Crippen LogP contribution in [0.15, 0.2) is 24.3 Å². The number of phenols is 1. The summed E-state index contributed by atoms with van der Waals surface area (Å²) < 4.78 is 4.71. The summed E-state index contributed by atoms with van der Waals surface area (Å²) in [4.78, 5) is 150. The van der Waals surface area contributed by atoms with E-state index in [4.69, 9.17) is 16.2 Å². The number of carbonyl (C=O) groups is 11. The highest BCUT2D eigenvalue weighted by atomic mass is 16.5. The van der Waals surface area contributed by atoms with Crippen molar-refractivity contribution in [2.75, 3.05) is 20.3 Å². The number of unbranched alkanes of at least 4 members (excludes halogenated alkanes) is 9. The Morgan fingerprint density at radius 1 is 0.667 bits per heavy atom. The van der Waals surface area contributed by atoms with E-state index in [1.165, 1.54) is 44.0 Å². The summed E-state index contributed by atoms with van der Waals surface area (Å²) in [5.74, 6) is -11.1. The van der Waals surface area contributed by atoms with Gasteiger partial charge in [0.1, 0.15) is 48.0 Å². The van der Waals surface area contributed by atoms with Crippen LogP contribution >= 0.6 is 0 Å². The topological polar surface area (TPSA) is 397 Å². The van der Waals surface area contributed by atoms with E-state index >= 15 is 0 Å². The molecule has 2 saturated heterocycles. The standard InChI is InChI=1S/C50H78N10O15/c1-4-5-6-7-8-9-10-11-12-13-15-31-25-41(66)54-35(26-39(51)64)46(70)56-34(24-30-17-19-32(63)20-18-30)45(69)57-36(27-40(52)65)50(74)60-23-14-16-38(60)48(72)55-33(21-22-42(67)75-3)44(68)58-37(28-61)47(71)59-43(29(2)62)49(73)53-31/h17-20,29,31,33-38,43,61-63H,4-16,21-28H2,1-3H3,(H2,51,64)(H2,52,65)(H,53,73)(H,54,66)(H,55,72)(H,56,70)(H,57,69)(H,58,68)(H,59,71). The number of benzene rings is 1. The first kappa shape index (κ1) is 62.4. The lowest BCUT2D eigenvalue weighted by Gasteiger charge is -2.30. The van der Waals surface area contributed by atoms with Crippen LogP contribution in [-0.4, -0.2) is 160 Å². The van der Waals surface area contributed by atoms with Gasteiger partial charge >= 0.3 is 5.97 Å². The number of aromatic hydroxyl groups is 1. The predicted molar refractivity (Wildman–Crippen MR) is 269 cm³/mol. The molecule has 0 saturated carbocycles. The van der Waals surface area contributed by atoms with Gasteiger partial charge in [-0.3, -0.25) is 52.7 Å². The number of methoxy groups -OCH3 is 1. The summed E-state index contributed by atoms with van der Waals surface area (Å²) in [7, 11) is 1.09. The van der Waals surface area contributed by atoms with E-state index in [9.17, 15) is 68.1 Å². The number of carbonyl (C=O) groups excluding carboxylic acids is 11. The van der Waals surface area contributed by atoms with Crippen LogP contribution in [-0.2, 0) is 63.9 Å². The molecular weight excluding hydrogens is 981 g/mol. The Morgan fingerprint density at radius 3 is 1.79 bits per heavy atom. The number of amides is 10. The number of ether oxygens (including phenoxy) is 1. The molecular formula is C50H78N10O15. The van der Waals surface area contributed by atoms with Crippen LogP contribution in [0.2, 0.25) is 0 Å². The van der Waals surface area contributed by atoms with Crippen LogP contribution < -0.4 is 48.7 Å². The normalized spacial score (nSPS) is 24.4. The van der Waals surface area contributed by atoms with E-state index < -0.39 is 158 Å². The van der Waals surface area contributed by atoms with Crippen molar-refractivity contribution in [2.24, 2.45) is 11.5 Å². The van der Waals surface area contributed by atoms with Crippen LogP contribution in [0.25, 0.3) is 0 Å². The van der Waals surface area contributed by atoms with Crippen molar-refractivity contribution in [1.29, 1.82) is 0 Å². The maximum Gasteiger partial charge on any atom is 0.305 e. The Hall–Kier alpha value is -6.89. The number of phenolic OH excluding ortho intramolecular Hbond substituents is 1. The van der Waals surface area contributed by atoms with Gasteiger partial charge < -0.3 is 73.6 Å². The fraction of sp³-hybridized carbons (Fsp3) is 0.660. The lowest BCUT2D eigenvalue weighted by atomic mass is 10.0. The van der Waals surface area contributed by atoms with Crippen molar-refractivity contribution < 1.29 is 72.8 Å². The van der Waals surface area contributed by atoms with Crippen LogP contribution in [0.3, 0.4) is 0 Å². The molecule has 9 atom stereocenters. The molecule has 25 heteroatoms. The number of hydrogen-bond donors (Lipinski definition) is 12. The highest BCUT2D eigenvalue weighted by molar-refractivity contribution is 6.00. The van der Waals surface area contributed by atoms with Crippen LogP contribution in [0.1, 0.15) is 135 Å². The number of nitrogens with one attached hydrogen (secondary N) is 7. The van der Waals surface area contributed by atoms with Gasteiger partial charge in [-0.25, -0.2) is 0 Å². The molecule has 0 aromatic heterocycles. The molecule has 0 radical (unpaired) electrons. The zero-order valence-electron chi connectivity index (χ0n) is 43.2. The molecule has 10 amide bonds. The van der Waals surface area contributed by atoms with Gasteiger partial charge in [-0.15, -0.1) is 0 Å². The Labute approximate surface area is 436 Å². The molecule has 1 aromatic carbocycles. The zero-order chi connectivity index (χ0) is 55.6. The lowest BCUT2D eigenvalue weighted by molar-refractivity contribution is -0.144. The largest absolute Gasteiger partial charge is 0.508 e. The minimum absolute atomic E-state index is 0.0111. The Balaban J connectivity index is 2.11. The molecule has 9 unspecified atom stereocenters. The van der Waals surface area contributed by atoms with Crippen LogP contribution in [0.5, 0.6) is 5.75 Å². The van der Waals surface area contributed by atoms with E-state index in [0.29, 0.717) is 18.4 Å². The van der Waals surface area contributed by atoms with Gasteiger partial charge in [0.15, 0.2) is 0 Å². The molecule has 418 valence electrons. The quantitative estimate of drug-likeness (QED) is 0.0446. The Morgan fingerprint density at radius 2 is 1.20 bits per heavy atom. The summed E-state index contributed by atoms with van der Waals surface area (Å²) >= 11 is 0. The molecule has 1 aromatic rings. The van der Waals surface area contributed by atoms with E-state index in [1.54, 1.807) is 0 Å². The Kier molecular flexibility index (Phi) is 27.0. The molecule has 25 nitrogen and oxygen atoms in total. The third-order valence-electron chi connectivity index (χ3n) is 13.0. The number of fused-ring (bicyclic) bond motifs is 1. The second kappa shape index (κ2) is 32.4. The van der Waals surface area contributed by atoms with Crippen molar-refractivity contribution in [3.8, 4) is 5.75 Å². The number of nitrogens with zero attached hydrogens (tertiary/aromatic N) is 1. The van der Waals surface area contributed by atoms with Gasteiger partial charge in [-0.1, -0.05) is 83.3 Å². The molecule has 0 bridgehead atoms. The van der Waals surface area contributed by atoms with Crippen molar-refractivity contribution >= 4 is 65.0 Å². The van der Waals surface area contributed by atoms with Crippen LogP contribution in [0.4, 0.5) is 0 Å². The van der Waals surface area contributed by atoms with E-state index in [2.05, 4.69) is 44.1 Å². The third kappa shape index (κ3) is 21.8. The van der Waals surface area contributed by atoms with Gasteiger partial charge in [0.2, 0.25) is 59.1 Å². The molecule has 14 N–H and O–H groups in total. The van der Waals surface area contributed by atoms with Crippen molar-refractivity contribution in [3.63, 3.8) is 0 Å². The first-order valence-electron chi connectivity index (χ1n) is 25.8. The fourth-order valence-electron chi connectivity index (χ4n) is 8.83. The van der Waals surface area contributed by atoms with Gasteiger partial charge in [-0.2, -0.15) is 0 Å². The third-order valence-corrected chi connectivity index (χ3v) is 13.0. The first-order chi connectivity index (χ1) is 35.7. The minimum Gasteiger partial charge on any atom is -0.508 e. The second-order valence-corrected chi connectivity index (χ2v) is 19.2. The van der Waals surface area contributed by atoms with Gasteiger partial charge in [-0.05, 0) is 50.3 Å². The molecule has 2 aliphatic heterocycles. The lowest BCUT2D eigenvalue weighted by Crippen LogP contribution is -2.61. The first-order valence-corrected chi connectivity index (χ1v) is 25.8. The number of rotatable bonds is 22. The molecule has 2 heterocycles. The number of primary amides is 2. The van der Waals surface area contributed by atoms with Crippen molar-refractivity contribution in [1.82, 2.24) is 42.1 Å². The molecule has 2 fully saturated rings. The van der Waals surface area contributed by atoms with Gasteiger partial charge in [0.05, 0.1) is 32.7 Å². The number of nitrogens with two attached hydrogens (primary N) is 2. The smallest absolute Gasteiger partial charge is 0.305 e. The van der Waals surface area contributed by atoms with Crippen molar-refractivity contribution in [3.05, 3.63) is 29.8 Å². The number of aliphatic hydroxyl groups is 2. The number of hydrogen-bond acceptors (Lipinski definition) is 15. The monoisotopic (exact) mass is 1060 g/mol. The molecule has 3 rings (SSSR count). The predicted octanol–water partition coefficient (Wildman–Crippen LogP) is -1.89. The summed E-state index contributed by atoms with van der Waals surface area (Å²) in [6, 6.07) is -7.08. The van der Waals surface area contributed by atoms with Gasteiger partial charge in [0.25, 0.3) is 0 Å². The molecule has 75 heavy (non-hydrogen) atoms. The van der Waals surface area contributed by atoms with Crippen molar-refractivity contribution in [2.45, 2.75) is 190 Å². The van der Waals surface area contributed by atoms with E-state index in [0.717, 1.165) is 50.5 Å². The maximum absolute atomic E-state index is 14.3. The maximum atomic E-state index is 14.3.